The van der Waals surface area contributed by atoms with Crippen LogP contribution in [0, 0.1) is 0 Å². The Morgan fingerprint density at radius 2 is 1.50 bits per heavy atom. The van der Waals surface area contributed by atoms with E-state index in [2.05, 4.69) is 0 Å². The fourth-order valence-corrected chi connectivity index (χ4v) is 0. The van der Waals surface area contributed by atoms with Crippen LogP contribution in [0.1, 0.15) is 13.8 Å². The standard InChI is InChI=1S/C4H11NO2.H2O4S/c1-3(6)4(2,5)7;1-5(2,3)4/h3,6-7H,5H2,1-2H3;(H2,1,2,3,4). The second kappa shape index (κ2) is 4.70. The topological polar surface area (TPSA) is 141 Å². The molecule has 0 spiro atoms. The molecule has 0 aromatic heterocycles. The van der Waals surface area contributed by atoms with Crippen molar-refractivity contribution in [2.24, 2.45) is 5.73 Å². The van der Waals surface area contributed by atoms with Crippen LogP contribution in [-0.4, -0.2) is 39.6 Å². The summed E-state index contributed by atoms with van der Waals surface area (Å²) >= 11 is 0. The van der Waals surface area contributed by atoms with Crippen molar-refractivity contribution >= 4 is 10.4 Å². The van der Waals surface area contributed by atoms with Gasteiger partial charge in [-0.05, 0) is 13.8 Å². The Kier molecular flexibility index (Phi) is 5.59. The molecule has 76 valence electrons. The van der Waals surface area contributed by atoms with Crippen LogP contribution in [0.25, 0.3) is 0 Å². The first-order valence-electron chi connectivity index (χ1n) is 2.83. The van der Waals surface area contributed by atoms with E-state index >= 15 is 0 Å². The van der Waals surface area contributed by atoms with Gasteiger partial charge in [0.15, 0.2) is 0 Å². The Hall–Kier alpha value is -0.250. The molecule has 0 aliphatic carbocycles. The molecule has 0 aromatic rings. The summed E-state index contributed by atoms with van der Waals surface area (Å²) in [6, 6.07) is 0. The van der Waals surface area contributed by atoms with Crippen molar-refractivity contribution in [3.8, 4) is 0 Å². The lowest BCUT2D eigenvalue weighted by Gasteiger charge is -2.19. The van der Waals surface area contributed by atoms with E-state index < -0.39 is 22.2 Å². The highest BCUT2D eigenvalue weighted by atomic mass is 32.3. The zero-order valence-corrected chi connectivity index (χ0v) is 7.48. The number of aliphatic hydroxyl groups is 2. The first-order chi connectivity index (χ1) is 4.94. The van der Waals surface area contributed by atoms with Gasteiger partial charge in [-0.25, -0.2) is 0 Å². The maximum absolute atomic E-state index is 8.74. The molecule has 0 aromatic carbocycles. The Balaban J connectivity index is 0. The van der Waals surface area contributed by atoms with Crippen LogP contribution in [-0.2, 0) is 10.4 Å². The first kappa shape index (κ1) is 14.3. The van der Waals surface area contributed by atoms with Crippen molar-refractivity contribution in [2.75, 3.05) is 0 Å². The van der Waals surface area contributed by atoms with E-state index in [0.29, 0.717) is 0 Å². The maximum Gasteiger partial charge on any atom is 0.394 e. The summed E-state index contributed by atoms with van der Waals surface area (Å²) in [4.78, 5) is 0. The number of hydrogen-bond donors (Lipinski definition) is 5. The molecule has 0 saturated carbocycles. The molecule has 0 heterocycles. The summed E-state index contributed by atoms with van der Waals surface area (Å²) in [6.45, 7) is 2.78. The highest BCUT2D eigenvalue weighted by Crippen LogP contribution is 1.97. The van der Waals surface area contributed by atoms with Gasteiger partial charge in [0.1, 0.15) is 5.72 Å². The maximum atomic E-state index is 8.74. The first-order valence-corrected chi connectivity index (χ1v) is 4.23. The van der Waals surface area contributed by atoms with Gasteiger partial charge in [-0.1, -0.05) is 0 Å². The predicted octanol–water partition coefficient (Wildman–Crippen LogP) is -1.62. The van der Waals surface area contributed by atoms with E-state index in [4.69, 9.17) is 33.5 Å². The molecule has 0 saturated heterocycles. The third-order valence-corrected chi connectivity index (χ3v) is 0.846. The summed E-state index contributed by atoms with van der Waals surface area (Å²) < 4.78 is 31.6. The third kappa shape index (κ3) is 22.6. The Morgan fingerprint density at radius 3 is 1.50 bits per heavy atom. The zero-order valence-electron chi connectivity index (χ0n) is 6.67. The van der Waals surface area contributed by atoms with Gasteiger partial charge in [0.05, 0.1) is 6.10 Å². The van der Waals surface area contributed by atoms with Crippen molar-refractivity contribution in [1.82, 2.24) is 0 Å². The highest BCUT2D eigenvalue weighted by molar-refractivity contribution is 7.79. The Morgan fingerprint density at radius 1 is 1.42 bits per heavy atom. The predicted molar refractivity (Wildman–Crippen MR) is 40.7 cm³/mol. The summed E-state index contributed by atoms with van der Waals surface area (Å²) in [6.07, 6.45) is -0.868. The van der Waals surface area contributed by atoms with Crippen molar-refractivity contribution in [2.45, 2.75) is 25.7 Å². The van der Waals surface area contributed by atoms with Crippen LogP contribution in [0.2, 0.25) is 0 Å². The number of aliphatic hydroxyl groups excluding tert-OH is 1. The van der Waals surface area contributed by atoms with Gasteiger partial charge in [-0.15, -0.1) is 0 Å². The molecule has 0 fully saturated rings. The largest absolute Gasteiger partial charge is 0.394 e. The van der Waals surface area contributed by atoms with Gasteiger partial charge in [0, 0.05) is 0 Å². The molecule has 2 unspecified atom stereocenters. The second-order valence-corrected chi connectivity index (χ2v) is 3.25. The van der Waals surface area contributed by atoms with E-state index in [9.17, 15) is 0 Å². The fraction of sp³-hybridized carbons (Fsp3) is 1.00. The number of hydrogen-bond acceptors (Lipinski definition) is 5. The fourth-order valence-electron chi connectivity index (χ4n) is 0. The van der Waals surface area contributed by atoms with Gasteiger partial charge in [0.2, 0.25) is 0 Å². The van der Waals surface area contributed by atoms with Gasteiger partial charge in [-0.2, -0.15) is 8.42 Å². The molecule has 0 aliphatic heterocycles. The van der Waals surface area contributed by atoms with Crippen LogP contribution in [0.4, 0.5) is 0 Å². The normalized spacial score (nSPS) is 18.6. The van der Waals surface area contributed by atoms with E-state index in [1.54, 1.807) is 0 Å². The molecule has 0 amide bonds. The van der Waals surface area contributed by atoms with Crippen molar-refractivity contribution in [3.05, 3.63) is 0 Å². The summed E-state index contributed by atoms with van der Waals surface area (Å²) in [5.74, 6) is 0. The average molecular weight is 203 g/mol. The van der Waals surface area contributed by atoms with Crippen LogP contribution in [0.5, 0.6) is 0 Å². The van der Waals surface area contributed by atoms with Crippen LogP contribution in [0.3, 0.4) is 0 Å². The van der Waals surface area contributed by atoms with Gasteiger partial charge < -0.3 is 15.9 Å². The van der Waals surface area contributed by atoms with E-state index in [1.807, 2.05) is 0 Å². The van der Waals surface area contributed by atoms with E-state index in [-0.39, 0.29) is 0 Å². The number of rotatable bonds is 1. The summed E-state index contributed by atoms with van der Waals surface area (Å²) in [5, 5.41) is 17.1. The lowest BCUT2D eigenvalue weighted by Crippen LogP contribution is -2.46. The molecular weight excluding hydrogens is 190 g/mol. The lowest BCUT2D eigenvalue weighted by atomic mass is 10.2. The molecule has 12 heavy (non-hydrogen) atoms. The van der Waals surface area contributed by atoms with Crippen molar-refractivity contribution in [1.29, 1.82) is 0 Å². The number of nitrogens with two attached hydrogens (primary N) is 1. The van der Waals surface area contributed by atoms with Crippen LogP contribution in [0.15, 0.2) is 0 Å². The average Bonchev–Trinajstić information content (AvgIpc) is 1.55. The van der Waals surface area contributed by atoms with E-state index in [1.165, 1.54) is 13.8 Å². The minimum atomic E-state index is -4.67. The van der Waals surface area contributed by atoms with Crippen molar-refractivity contribution < 1.29 is 27.7 Å². The van der Waals surface area contributed by atoms with Gasteiger partial charge >= 0.3 is 10.4 Å². The molecule has 8 heteroatoms. The molecule has 2 atom stereocenters. The van der Waals surface area contributed by atoms with Gasteiger partial charge in [0.25, 0.3) is 0 Å². The van der Waals surface area contributed by atoms with Crippen molar-refractivity contribution in [3.63, 3.8) is 0 Å². The lowest BCUT2D eigenvalue weighted by molar-refractivity contribution is -0.0470. The molecule has 0 aliphatic rings. The van der Waals surface area contributed by atoms with Gasteiger partial charge in [-0.3, -0.25) is 9.11 Å². The molecule has 0 rings (SSSR count). The molecular formula is C4H13NO6S. The summed E-state index contributed by atoms with van der Waals surface area (Å²) in [5.41, 5.74) is 3.54. The highest BCUT2D eigenvalue weighted by Gasteiger charge is 2.19. The SMILES string of the molecule is CC(O)C(C)(N)O.O=S(=O)(O)O. The monoisotopic (exact) mass is 203 g/mol. The molecule has 0 radical (unpaired) electrons. The molecule has 7 nitrogen and oxygen atoms in total. The Labute approximate surface area is 70.4 Å². The quantitative estimate of drug-likeness (QED) is 0.255. The summed E-state index contributed by atoms with van der Waals surface area (Å²) in [7, 11) is -4.67. The minimum Gasteiger partial charge on any atom is -0.389 e. The van der Waals surface area contributed by atoms with E-state index in [0.717, 1.165) is 0 Å². The minimum absolute atomic E-state index is 0.868. The smallest absolute Gasteiger partial charge is 0.389 e. The third-order valence-electron chi connectivity index (χ3n) is 0.846. The Bertz CT molecular complexity index is 194. The molecule has 0 bridgehead atoms. The second-order valence-electron chi connectivity index (χ2n) is 2.35. The molecule has 6 N–H and O–H groups in total. The van der Waals surface area contributed by atoms with Crippen LogP contribution < -0.4 is 5.73 Å². The van der Waals surface area contributed by atoms with Crippen LogP contribution >= 0.6 is 0 Å². The zero-order chi connectivity index (χ0) is 10.6.